The minimum atomic E-state index is -0.703. The summed E-state index contributed by atoms with van der Waals surface area (Å²) in [4.78, 5) is 22.2. The minimum absolute atomic E-state index is 0.0485. The first-order chi connectivity index (χ1) is 15.2. The Balaban J connectivity index is 3.16. The molecule has 0 radical (unpaired) electrons. The van der Waals surface area contributed by atoms with Crippen molar-refractivity contribution in [1.82, 2.24) is 0 Å². The van der Waals surface area contributed by atoms with Crippen molar-refractivity contribution in [3.05, 3.63) is 0 Å². The van der Waals surface area contributed by atoms with Crippen LogP contribution < -0.4 is 0 Å². The lowest BCUT2D eigenvalue weighted by Crippen LogP contribution is -2.05. The summed E-state index contributed by atoms with van der Waals surface area (Å²) in [6.07, 6.45) is 23.9. The molecule has 0 aliphatic carbocycles. The standard InChI is InChI=1S/C26H50O5/c27-23-19-15-11-7-5-3-1-2-4-6-10-14-18-22-26(30)31-24-20-16-12-8-9-13-17-21-25(28)29/h27H,1-24H2,(H,28,29). The van der Waals surface area contributed by atoms with Gasteiger partial charge in [0.05, 0.1) is 6.61 Å². The van der Waals surface area contributed by atoms with Gasteiger partial charge in [0.1, 0.15) is 0 Å². The largest absolute Gasteiger partial charge is 0.481 e. The lowest BCUT2D eigenvalue weighted by molar-refractivity contribution is -0.144. The van der Waals surface area contributed by atoms with Crippen molar-refractivity contribution >= 4 is 11.9 Å². The summed E-state index contributed by atoms with van der Waals surface area (Å²) in [6.45, 7) is 0.876. The third-order valence-electron chi connectivity index (χ3n) is 5.84. The van der Waals surface area contributed by atoms with Gasteiger partial charge in [0, 0.05) is 19.4 Å². The minimum Gasteiger partial charge on any atom is -0.481 e. The van der Waals surface area contributed by atoms with Crippen molar-refractivity contribution in [3.8, 4) is 0 Å². The second-order valence-electron chi connectivity index (χ2n) is 8.91. The fourth-order valence-electron chi connectivity index (χ4n) is 3.85. The van der Waals surface area contributed by atoms with E-state index in [0.717, 1.165) is 64.2 Å². The van der Waals surface area contributed by atoms with Crippen molar-refractivity contribution in [2.45, 2.75) is 141 Å². The molecule has 0 aromatic heterocycles. The van der Waals surface area contributed by atoms with Gasteiger partial charge in [-0.05, 0) is 25.7 Å². The smallest absolute Gasteiger partial charge is 0.305 e. The molecule has 0 aliphatic rings. The molecule has 0 aromatic rings. The van der Waals surface area contributed by atoms with Crippen LogP contribution in [-0.4, -0.2) is 35.4 Å². The summed E-state index contributed by atoms with van der Waals surface area (Å²) in [5.41, 5.74) is 0. The van der Waals surface area contributed by atoms with E-state index in [9.17, 15) is 9.59 Å². The van der Waals surface area contributed by atoms with E-state index < -0.39 is 5.97 Å². The Bertz CT molecular complexity index is 397. The van der Waals surface area contributed by atoms with E-state index in [-0.39, 0.29) is 12.4 Å². The van der Waals surface area contributed by atoms with Crippen LogP contribution >= 0.6 is 0 Å². The molecular formula is C26H50O5. The zero-order valence-electron chi connectivity index (χ0n) is 20.1. The number of aliphatic hydroxyl groups is 1. The highest BCUT2D eigenvalue weighted by atomic mass is 16.5. The summed E-state index contributed by atoms with van der Waals surface area (Å²) >= 11 is 0. The molecule has 0 amide bonds. The molecule has 0 atom stereocenters. The van der Waals surface area contributed by atoms with Gasteiger partial charge in [-0.1, -0.05) is 103 Å². The van der Waals surface area contributed by atoms with Crippen LogP contribution in [0.15, 0.2) is 0 Å². The number of hydrogen-bond acceptors (Lipinski definition) is 4. The van der Waals surface area contributed by atoms with E-state index in [4.69, 9.17) is 14.9 Å². The number of carboxylic acids is 1. The van der Waals surface area contributed by atoms with Gasteiger partial charge < -0.3 is 14.9 Å². The number of carbonyl (C=O) groups is 2. The maximum Gasteiger partial charge on any atom is 0.305 e. The highest BCUT2D eigenvalue weighted by molar-refractivity contribution is 5.69. The monoisotopic (exact) mass is 442 g/mol. The predicted octanol–water partition coefficient (Wildman–Crippen LogP) is 7.19. The van der Waals surface area contributed by atoms with Crippen LogP contribution in [0.1, 0.15) is 141 Å². The molecule has 2 N–H and O–H groups in total. The van der Waals surface area contributed by atoms with Crippen LogP contribution in [0.25, 0.3) is 0 Å². The third-order valence-corrected chi connectivity index (χ3v) is 5.84. The summed E-state index contributed by atoms with van der Waals surface area (Å²) in [5, 5.41) is 17.3. The predicted molar refractivity (Wildman–Crippen MR) is 127 cm³/mol. The van der Waals surface area contributed by atoms with Crippen molar-refractivity contribution < 1.29 is 24.5 Å². The lowest BCUT2D eigenvalue weighted by Gasteiger charge is -2.05. The van der Waals surface area contributed by atoms with Crippen LogP contribution in [-0.2, 0) is 14.3 Å². The van der Waals surface area contributed by atoms with Crippen LogP contribution in [0, 0.1) is 0 Å². The summed E-state index contributed by atoms with van der Waals surface area (Å²) in [6, 6.07) is 0. The molecule has 0 aliphatic heterocycles. The first kappa shape index (κ1) is 29.9. The average molecular weight is 443 g/mol. The quantitative estimate of drug-likeness (QED) is 0.115. The first-order valence-corrected chi connectivity index (χ1v) is 13.1. The SMILES string of the molecule is O=C(O)CCCCCCCCCOC(=O)CCCCCCCCCCCCCCCO. The molecule has 0 spiro atoms. The van der Waals surface area contributed by atoms with Gasteiger partial charge in [-0.25, -0.2) is 0 Å². The molecule has 0 aromatic carbocycles. The molecular weight excluding hydrogens is 392 g/mol. The Hall–Kier alpha value is -1.10. The van der Waals surface area contributed by atoms with Crippen molar-refractivity contribution in [2.24, 2.45) is 0 Å². The van der Waals surface area contributed by atoms with Crippen LogP contribution in [0.4, 0.5) is 0 Å². The molecule has 0 saturated heterocycles. The molecule has 0 saturated carbocycles. The van der Waals surface area contributed by atoms with Gasteiger partial charge in [-0.15, -0.1) is 0 Å². The van der Waals surface area contributed by atoms with Gasteiger partial charge >= 0.3 is 11.9 Å². The summed E-state index contributed by atoms with van der Waals surface area (Å²) < 4.78 is 5.31. The van der Waals surface area contributed by atoms with E-state index in [1.54, 1.807) is 0 Å². The van der Waals surface area contributed by atoms with Gasteiger partial charge in [-0.2, -0.15) is 0 Å². The average Bonchev–Trinajstić information content (AvgIpc) is 2.75. The van der Waals surface area contributed by atoms with E-state index >= 15 is 0 Å². The molecule has 0 heterocycles. The zero-order valence-corrected chi connectivity index (χ0v) is 20.1. The second-order valence-corrected chi connectivity index (χ2v) is 8.91. The normalized spacial score (nSPS) is 11.0. The Kier molecular flexibility index (Phi) is 24.3. The summed E-state index contributed by atoms with van der Waals surface area (Å²) in [5.74, 6) is -0.752. The van der Waals surface area contributed by atoms with Crippen LogP contribution in [0.5, 0.6) is 0 Å². The highest BCUT2D eigenvalue weighted by Gasteiger charge is 2.03. The topological polar surface area (TPSA) is 83.8 Å². The molecule has 0 fully saturated rings. The third kappa shape index (κ3) is 26.9. The van der Waals surface area contributed by atoms with Gasteiger partial charge in [-0.3, -0.25) is 9.59 Å². The molecule has 0 bridgehead atoms. The molecule has 184 valence electrons. The zero-order chi connectivity index (χ0) is 22.8. The molecule has 5 heteroatoms. The molecule has 0 unspecified atom stereocenters. The number of ether oxygens (including phenoxy) is 1. The van der Waals surface area contributed by atoms with Crippen molar-refractivity contribution in [1.29, 1.82) is 0 Å². The Morgan fingerprint density at radius 2 is 0.839 bits per heavy atom. The number of carboxylic acid groups (broad SMARTS) is 1. The van der Waals surface area contributed by atoms with Gasteiger partial charge in [0.25, 0.3) is 0 Å². The number of carbonyl (C=O) groups excluding carboxylic acids is 1. The van der Waals surface area contributed by atoms with Gasteiger partial charge in [0.15, 0.2) is 0 Å². The first-order valence-electron chi connectivity index (χ1n) is 13.1. The Labute approximate surface area is 191 Å². The number of esters is 1. The lowest BCUT2D eigenvalue weighted by atomic mass is 10.0. The molecule has 0 rings (SSSR count). The Morgan fingerprint density at radius 1 is 0.484 bits per heavy atom. The van der Waals surface area contributed by atoms with E-state index in [0.29, 0.717) is 19.6 Å². The highest BCUT2D eigenvalue weighted by Crippen LogP contribution is 2.13. The molecule has 5 nitrogen and oxygen atoms in total. The Morgan fingerprint density at radius 3 is 1.26 bits per heavy atom. The second kappa shape index (κ2) is 25.2. The van der Waals surface area contributed by atoms with E-state index in [2.05, 4.69) is 0 Å². The number of aliphatic carboxylic acids is 1. The fraction of sp³-hybridized carbons (Fsp3) is 0.923. The fourth-order valence-corrected chi connectivity index (χ4v) is 3.85. The van der Waals surface area contributed by atoms with Crippen LogP contribution in [0.3, 0.4) is 0 Å². The summed E-state index contributed by atoms with van der Waals surface area (Å²) in [7, 11) is 0. The maximum absolute atomic E-state index is 11.7. The van der Waals surface area contributed by atoms with Gasteiger partial charge in [0.2, 0.25) is 0 Å². The van der Waals surface area contributed by atoms with Crippen LogP contribution in [0.2, 0.25) is 0 Å². The number of aliphatic hydroxyl groups excluding tert-OH is 1. The number of hydrogen-bond donors (Lipinski definition) is 2. The van der Waals surface area contributed by atoms with Crippen molar-refractivity contribution in [3.63, 3.8) is 0 Å². The van der Waals surface area contributed by atoms with E-state index in [1.165, 1.54) is 64.2 Å². The maximum atomic E-state index is 11.7. The molecule has 31 heavy (non-hydrogen) atoms. The number of unbranched alkanes of at least 4 members (excludes halogenated alkanes) is 18. The van der Waals surface area contributed by atoms with Crippen molar-refractivity contribution in [2.75, 3.05) is 13.2 Å². The van der Waals surface area contributed by atoms with E-state index in [1.807, 2.05) is 0 Å². The number of rotatable bonds is 25.